The molecule has 0 saturated heterocycles. The lowest BCUT2D eigenvalue weighted by molar-refractivity contribution is -0.152. The minimum atomic E-state index is -0.538. The maximum atomic E-state index is 12.2. The van der Waals surface area contributed by atoms with Crippen LogP contribution in [0.2, 0.25) is 0 Å². The molecule has 4 aliphatic rings. The molecule has 0 amide bonds. The molecule has 6 atom stereocenters. The molecule has 0 unspecified atom stereocenters. The van der Waals surface area contributed by atoms with Crippen molar-refractivity contribution in [3.8, 4) is 0 Å². The van der Waals surface area contributed by atoms with Crippen LogP contribution in [0.15, 0.2) is 16.3 Å². The molecule has 3 saturated carbocycles. The second kappa shape index (κ2) is 6.92. The summed E-state index contributed by atoms with van der Waals surface area (Å²) in [6, 6.07) is 0. The van der Waals surface area contributed by atoms with Crippen LogP contribution >= 0.6 is 0 Å². The second-order valence-corrected chi connectivity index (χ2v) is 12.4. The van der Waals surface area contributed by atoms with Crippen LogP contribution in [-0.2, 0) is 9.63 Å². The van der Waals surface area contributed by atoms with E-state index in [1.54, 1.807) is 5.57 Å². The van der Waals surface area contributed by atoms with Crippen LogP contribution in [0.4, 0.5) is 0 Å². The van der Waals surface area contributed by atoms with Crippen molar-refractivity contribution in [3.63, 3.8) is 0 Å². The van der Waals surface area contributed by atoms with E-state index in [1.807, 2.05) is 20.8 Å². The topological polar surface area (TPSA) is 58.9 Å². The van der Waals surface area contributed by atoms with E-state index in [2.05, 4.69) is 32.9 Å². The highest BCUT2D eigenvalue weighted by molar-refractivity contribution is 6.01. The Morgan fingerprint density at radius 3 is 2.37 bits per heavy atom. The molecule has 4 rings (SSSR count). The Balaban J connectivity index is 1.60. The Morgan fingerprint density at radius 1 is 1.03 bits per heavy atom. The Kier molecular flexibility index (Phi) is 5.08. The van der Waals surface area contributed by atoms with E-state index in [9.17, 15) is 9.90 Å². The fraction of sp³-hybridized carbons (Fsp3) is 0.846. The summed E-state index contributed by atoms with van der Waals surface area (Å²) in [4.78, 5) is 17.5. The van der Waals surface area contributed by atoms with Gasteiger partial charge in [-0.25, -0.2) is 4.79 Å². The summed E-state index contributed by atoms with van der Waals surface area (Å²) in [7, 11) is 0. The van der Waals surface area contributed by atoms with Gasteiger partial charge in [0.25, 0.3) is 0 Å². The van der Waals surface area contributed by atoms with Crippen LogP contribution in [0.25, 0.3) is 0 Å². The van der Waals surface area contributed by atoms with E-state index in [0.29, 0.717) is 11.8 Å². The summed E-state index contributed by atoms with van der Waals surface area (Å²) in [5, 5.41) is 15.4. The Labute approximate surface area is 182 Å². The van der Waals surface area contributed by atoms with Gasteiger partial charge >= 0.3 is 5.97 Å². The third-order valence-corrected chi connectivity index (χ3v) is 9.85. The average Bonchev–Trinajstić information content (AvgIpc) is 2.89. The molecule has 30 heavy (non-hydrogen) atoms. The third kappa shape index (κ3) is 3.12. The molecule has 4 nitrogen and oxygen atoms in total. The Morgan fingerprint density at radius 2 is 1.70 bits per heavy atom. The van der Waals surface area contributed by atoms with Crippen molar-refractivity contribution < 1.29 is 14.7 Å². The highest BCUT2D eigenvalue weighted by Crippen LogP contribution is 2.67. The van der Waals surface area contributed by atoms with Crippen LogP contribution in [0, 0.1) is 34.0 Å². The Hall–Kier alpha value is -1.16. The molecule has 0 aliphatic heterocycles. The summed E-state index contributed by atoms with van der Waals surface area (Å²) >= 11 is 0. The molecule has 0 spiro atoms. The third-order valence-electron chi connectivity index (χ3n) is 9.85. The fourth-order valence-electron chi connectivity index (χ4n) is 7.58. The van der Waals surface area contributed by atoms with Crippen molar-refractivity contribution in [3.05, 3.63) is 11.1 Å². The minimum Gasteiger partial charge on any atom is -0.390 e. The molecular formula is C26H41NO3. The molecule has 3 fully saturated rings. The minimum absolute atomic E-state index is 0.0727. The predicted molar refractivity (Wildman–Crippen MR) is 120 cm³/mol. The summed E-state index contributed by atoms with van der Waals surface area (Å²) in [6.07, 6.45) is 8.78. The number of carbonyl (C=O) groups is 1. The lowest BCUT2D eigenvalue weighted by atomic mass is 9.46. The van der Waals surface area contributed by atoms with Crippen LogP contribution in [-0.4, -0.2) is 22.4 Å². The van der Waals surface area contributed by atoms with Gasteiger partial charge in [0, 0.05) is 0 Å². The van der Waals surface area contributed by atoms with Gasteiger partial charge in [-0.3, -0.25) is 0 Å². The first-order chi connectivity index (χ1) is 13.8. The summed E-state index contributed by atoms with van der Waals surface area (Å²) in [5.41, 5.74) is 3.01. The number of rotatable bonds is 1. The summed E-state index contributed by atoms with van der Waals surface area (Å²) < 4.78 is 0. The molecule has 0 aromatic carbocycles. The van der Waals surface area contributed by atoms with Gasteiger partial charge in [0.05, 0.1) is 16.7 Å². The van der Waals surface area contributed by atoms with Crippen molar-refractivity contribution in [2.75, 3.05) is 0 Å². The highest BCUT2D eigenvalue weighted by atomic mass is 16.7. The molecule has 4 heteroatoms. The van der Waals surface area contributed by atoms with Gasteiger partial charge in [0.1, 0.15) is 0 Å². The van der Waals surface area contributed by atoms with Gasteiger partial charge in [-0.1, -0.05) is 24.6 Å². The molecule has 1 N–H and O–H groups in total. The Bertz CT molecular complexity index is 802. The standard InChI is InChI=1S/C26H41NO3/c1-16-18-9-8-17-19(10-14-25(6)20(17)11-15-26(25,7)29)24(18,5)13-12-21(16)27-30-22(28)23(2,3)4/h17,19-20,29H,8-15H2,1-7H3/b27-21+/t17-,19+,20+,24+,25+,26+/m1/s1. The number of aliphatic hydroxyl groups is 1. The molecule has 168 valence electrons. The quantitative estimate of drug-likeness (QED) is 0.420. The van der Waals surface area contributed by atoms with Gasteiger partial charge in [0.15, 0.2) is 0 Å². The van der Waals surface area contributed by atoms with E-state index in [0.717, 1.165) is 43.7 Å². The smallest absolute Gasteiger partial charge is 0.340 e. The van der Waals surface area contributed by atoms with Gasteiger partial charge < -0.3 is 9.94 Å². The number of fused-ring (bicyclic) bond motifs is 5. The summed E-state index contributed by atoms with van der Waals surface area (Å²) in [5.74, 6) is 1.79. The van der Waals surface area contributed by atoms with E-state index in [4.69, 9.17) is 4.84 Å². The first kappa shape index (κ1) is 22.0. The number of allylic oxidation sites excluding steroid dienone is 2. The van der Waals surface area contributed by atoms with Gasteiger partial charge in [-0.2, -0.15) is 0 Å². The number of carbonyl (C=O) groups excluding carboxylic acids is 1. The predicted octanol–water partition coefficient (Wildman–Crippen LogP) is 6.04. The SMILES string of the molecule is CC1=C2CC[C@@H]3[C@H](CC[C@@]4(C)[C@H]3CC[C@]4(C)O)[C@@]2(C)CC/C1=N\OC(=O)C(C)(C)C. The van der Waals surface area contributed by atoms with Crippen molar-refractivity contribution >= 4 is 11.7 Å². The van der Waals surface area contributed by atoms with Gasteiger partial charge in [0.2, 0.25) is 0 Å². The van der Waals surface area contributed by atoms with Crippen molar-refractivity contribution in [2.45, 2.75) is 105 Å². The number of hydrogen-bond donors (Lipinski definition) is 1. The first-order valence-corrected chi connectivity index (χ1v) is 12.0. The molecule has 0 radical (unpaired) electrons. The lowest BCUT2D eigenvalue weighted by Gasteiger charge is -2.59. The number of hydrogen-bond acceptors (Lipinski definition) is 4. The largest absolute Gasteiger partial charge is 0.390 e. The number of nitrogens with zero attached hydrogens (tertiary/aromatic N) is 1. The summed E-state index contributed by atoms with van der Waals surface area (Å²) in [6.45, 7) is 14.7. The zero-order valence-electron chi connectivity index (χ0n) is 20.1. The van der Waals surface area contributed by atoms with Crippen LogP contribution in [0.3, 0.4) is 0 Å². The van der Waals surface area contributed by atoms with Crippen LogP contribution in [0.1, 0.15) is 99.8 Å². The molecule has 0 bridgehead atoms. The maximum absolute atomic E-state index is 12.2. The maximum Gasteiger partial charge on any atom is 0.340 e. The molecular weight excluding hydrogens is 374 g/mol. The normalized spacial score (nSPS) is 45.1. The first-order valence-electron chi connectivity index (χ1n) is 12.0. The van der Waals surface area contributed by atoms with Gasteiger partial charge in [-0.15, -0.1) is 0 Å². The number of oxime groups is 1. The zero-order valence-corrected chi connectivity index (χ0v) is 20.1. The van der Waals surface area contributed by atoms with Crippen LogP contribution in [0.5, 0.6) is 0 Å². The van der Waals surface area contributed by atoms with Crippen molar-refractivity contribution in [2.24, 2.45) is 39.2 Å². The van der Waals surface area contributed by atoms with E-state index >= 15 is 0 Å². The second-order valence-electron chi connectivity index (χ2n) is 12.4. The molecule has 0 aromatic heterocycles. The van der Waals surface area contributed by atoms with E-state index in [-0.39, 0.29) is 16.8 Å². The molecule has 0 heterocycles. The molecule has 0 aromatic rings. The molecule has 4 aliphatic carbocycles. The van der Waals surface area contributed by atoms with Crippen LogP contribution < -0.4 is 0 Å². The van der Waals surface area contributed by atoms with E-state index in [1.165, 1.54) is 24.8 Å². The monoisotopic (exact) mass is 415 g/mol. The van der Waals surface area contributed by atoms with Gasteiger partial charge in [-0.05, 0) is 120 Å². The zero-order chi connectivity index (χ0) is 22.1. The average molecular weight is 416 g/mol. The van der Waals surface area contributed by atoms with Crippen molar-refractivity contribution in [1.29, 1.82) is 0 Å². The van der Waals surface area contributed by atoms with E-state index < -0.39 is 11.0 Å². The fourth-order valence-corrected chi connectivity index (χ4v) is 7.58. The van der Waals surface area contributed by atoms with Crippen molar-refractivity contribution in [1.82, 2.24) is 0 Å². The lowest BCUT2D eigenvalue weighted by Crippen LogP contribution is -2.54. The highest BCUT2D eigenvalue weighted by Gasteiger charge is 2.62.